The van der Waals surface area contributed by atoms with Crippen molar-refractivity contribution in [3.05, 3.63) is 82.9 Å². The highest BCUT2D eigenvalue weighted by Crippen LogP contribution is 2.26. The molecule has 0 aliphatic heterocycles. The highest BCUT2D eigenvalue weighted by Gasteiger charge is 2.14. The molecule has 0 unspecified atom stereocenters. The van der Waals surface area contributed by atoms with Crippen LogP contribution in [0.1, 0.15) is 27.0 Å². The topological polar surface area (TPSA) is 37.3 Å². The Morgan fingerprint density at radius 2 is 1.67 bits per heavy atom. The second-order valence-electron chi connectivity index (χ2n) is 5.22. The molecule has 0 atom stereocenters. The summed E-state index contributed by atoms with van der Waals surface area (Å²) in [4.78, 5) is 11.5. The molecule has 0 fully saturated rings. The van der Waals surface area contributed by atoms with E-state index in [-0.39, 0.29) is 0 Å². The maximum Gasteiger partial charge on any atom is 0.335 e. The number of aromatic carboxylic acids is 1. The monoisotopic (exact) mass is 276 g/mol. The average Bonchev–Trinajstić information content (AvgIpc) is 2.49. The van der Waals surface area contributed by atoms with Crippen LogP contribution in [0.3, 0.4) is 0 Å². The first-order chi connectivity index (χ1) is 10.2. The molecule has 0 radical (unpaired) electrons. The van der Waals surface area contributed by atoms with E-state index in [4.69, 9.17) is 0 Å². The highest BCUT2D eigenvalue weighted by molar-refractivity contribution is 5.98. The molecular weight excluding hydrogens is 260 g/mol. The third-order valence-corrected chi connectivity index (χ3v) is 3.90. The van der Waals surface area contributed by atoms with Gasteiger partial charge >= 0.3 is 5.97 Å². The van der Waals surface area contributed by atoms with E-state index < -0.39 is 5.97 Å². The lowest BCUT2D eigenvalue weighted by atomic mass is 9.92. The maximum atomic E-state index is 11.5. The lowest BCUT2D eigenvalue weighted by Crippen LogP contribution is -2.04. The lowest BCUT2D eigenvalue weighted by Gasteiger charge is -2.12. The van der Waals surface area contributed by atoms with Crippen LogP contribution in [0.15, 0.2) is 60.7 Å². The van der Waals surface area contributed by atoms with Gasteiger partial charge in [-0.05, 0) is 46.9 Å². The molecule has 3 aromatic rings. The SMILES string of the molecule is Cc1ccccc1Cc1c(C(=O)O)ccc2ccccc12. The Morgan fingerprint density at radius 1 is 0.952 bits per heavy atom. The van der Waals surface area contributed by atoms with E-state index in [1.807, 2.05) is 42.5 Å². The Morgan fingerprint density at radius 3 is 2.43 bits per heavy atom. The molecule has 0 saturated heterocycles. The van der Waals surface area contributed by atoms with Crippen molar-refractivity contribution in [2.24, 2.45) is 0 Å². The van der Waals surface area contributed by atoms with Crippen molar-refractivity contribution in [1.82, 2.24) is 0 Å². The second-order valence-corrected chi connectivity index (χ2v) is 5.22. The van der Waals surface area contributed by atoms with E-state index in [1.54, 1.807) is 6.07 Å². The van der Waals surface area contributed by atoms with E-state index in [1.165, 1.54) is 5.56 Å². The fourth-order valence-electron chi connectivity index (χ4n) is 2.73. The molecule has 0 heterocycles. The molecule has 0 spiro atoms. The summed E-state index contributed by atoms with van der Waals surface area (Å²) in [5.74, 6) is -0.871. The van der Waals surface area contributed by atoms with Gasteiger partial charge in [-0.15, -0.1) is 0 Å². The minimum Gasteiger partial charge on any atom is -0.478 e. The molecule has 2 nitrogen and oxygen atoms in total. The first-order valence-electron chi connectivity index (χ1n) is 6.95. The van der Waals surface area contributed by atoms with Gasteiger partial charge in [0.2, 0.25) is 0 Å². The predicted molar refractivity (Wildman–Crippen MR) is 84.9 cm³/mol. The number of hydrogen-bond acceptors (Lipinski definition) is 1. The van der Waals surface area contributed by atoms with Crippen LogP contribution in [0, 0.1) is 6.92 Å². The fraction of sp³-hybridized carbons (Fsp3) is 0.105. The van der Waals surface area contributed by atoms with Gasteiger partial charge in [-0.2, -0.15) is 0 Å². The van der Waals surface area contributed by atoms with Gasteiger partial charge < -0.3 is 5.11 Å². The van der Waals surface area contributed by atoms with E-state index in [9.17, 15) is 9.90 Å². The number of hydrogen-bond donors (Lipinski definition) is 1. The lowest BCUT2D eigenvalue weighted by molar-refractivity contribution is 0.0696. The van der Waals surface area contributed by atoms with Crippen molar-refractivity contribution in [2.75, 3.05) is 0 Å². The summed E-state index contributed by atoms with van der Waals surface area (Å²) >= 11 is 0. The zero-order chi connectivity index (χ0) is 14.8. The summed E-state index contributed by atoms with van der Waals surface area (Å²) in [5, 5.41) is 11.6. The highest BCUT2D eigenvalue weighted by atomic mass is 16.4. The van der Waals surface area contributed by atoms with Gasteiger partial charge in [0.05, 0.1) is 5.56 Å². The number of fused-ring (bicyclic) bond motifs is 1. The summed E-state index contributed by atoms with van der Waals surface area (Å²) in [7, 11) is 0. The van der Waals surface area contributed by atoms with Crippen molar-refractivity contribution in [3.63, 3.8) is 0 Å². The first kappa shape index (κ1) is 13.4. The quantitative estimate of drug-likeness (QED) is 0.768. The molecular formula is C19H16O2. The molecule has 3 rings (SSSR count). The molecule has 104 valence electrons. The van der Waals surface area contributed by atoms with Gasteiger partial charge in [0.25, 0.3) is 0 Å². The molecule has 1 N–H and O–H groups in total. The predicted octanol–water partition coefficient (Wildman–Crippen LogP) is 4.44. The van der Waals surface area contributed by atoms with Gasteiger partial charge in [-0.25, -0.2) is 4.79 Å². The van der Waals surface area contributed by atoms with Crippen molar-refractivity contribution in [1.29, 1.82) is 0 Å². The minimum absolute atomic E-state index is 0.386. The van der Waals surface area contributed by atoms with Crippen LogP contribution < -0.4 is 0 Å². The summed E-state index contributed by atoms with van der Waals surface area (Å²) in [6.45, 7) is 2.06. The number of carboxylic acids is 1. The Balaban J connectivity index is 2.21. The van der Waals surface area contributed by atoms with Crippen LogP contribution >= 0.6 is 0 Å². The largest absolute Gasteiger partial charge is 0.478 e. The second kappa shape index (κ2) is 5.41. The standard InChI is InChI=1S/C19H16O2/c1-13-6-2-3-8-15(13)12-18-16-9-5-4-7-14(16)10-11-17(18)19(20)21/h2-11H,12H2,1H3,(H,20,21). The smallest absolute Gasteiger partial charge is 0.335 e. The van der Waals surface area contributed by atoms with Crippen LogP contribution in [0.25, 0.3) is 10.8 Å². The van der Waals surface area contributed by atoms with Crippen molar-refractivity contribution in [3.8, 4) is 0 Å². The van der Waals surface area contributed by atoms with Gasteiger partial charge in [-0.1, -0.05) is 54.6 Å². The zero-order valence-corrected chi connectivity index (χ0v) is 11.8. The summed E-state index contributed by atoms with van der Waals surface area (Å²) in [6, 6.07) is 19.6. The summed E-state index contributed by atoms with van der Waals surface area (Å²) < 4.78 is 0. The van der Waals surface area contributed by atoms with Crippen molar-refractivity contribution < 1.29 is 9.90 Å². The van der Waals surface area contributed by atoms with E-state index >= 15 is 0 Å². The number of rotatable bonds is 3. The molecule has 0 aromatic heterocycles. The fourth-order valence-corrected chi connectivity index (χ4v) is 2.73. The number of carbonyl (C=O) groups is 1. The van der Waals surface area contributed by atoms with E-state index in [2.05, 4.69) is 19.1 Å². The minimum atomic E-state index is -0.871. The average molecular weight is 276 g/mol. The van der Waals surface area contributed by atoms with Gasteiger partial charge in [-0.3, -0.25) is 0 Å². The molecule has 0 aliphatic rings. The van der Waals surface area contributed by atoms with Crippen LogP contribution in [0.2, 0.25) is 0 Å². The molecule has 0 saturated carbocycles. The number of carboxylic acid groups (broad SMARTS) is 1. The Hall–Kier alpha value is -2.61. The molecule has 0 aliphatic carbocycles. The van der Waals surface area contributed by atoms with Crippen molar-refractivity contribution >= 4 is 16.7 Å². The molecule has 0 amide bonds. The zero-order valence-electron chi connectivity index (χ0n) is 11.8. The normalized spacial score (nSPS) is 10.7. The summed E-state index contributed by atoms with van der Waals surface area (Å²) in [5.41, 5.74) is 3.62. The van der Waals surface area contributed by atoms with E-state index in [0.717, 1.165) is 21.9 Å². The number of benzene rings is 3. The van der Waals surface area contributed by atoms with Gasteiger partial charge in [0.1, 0.15) is 0 Å². The summed E-state index contributed by atoms with van der Waals surface area (Å²) in [6.07, 6.45) is 0.635. The Kier molecular flexibility index (Phi) is 3.44. The van der Waals surface area contributed by atoms with Gasteiger partial charge in [0, 0.05) is 0 Å². The molecule has 2 heteroatoms. The molecule has 21 heavy (non-hydrogen) atoms. The Labute approximate surface area is 123 Å². The van der Waals surface area contributed by atoms with Crippen LogP contribution in [-0.2, 0) is 6.42 Å². The molecule has 0 bridgehead atoms. The third-order valence-electron chi connectivity index (χ3n) is 3.90. The third kappa shape index (κ3) is 2.52. The van der Waals surface area contributed by atoms with Crippen LogP contribution in [-0.4, -0.2) is 11.1 Å². The number of aryl methyl sites for hydroxylation is 1. The Bertz CT molecular complexity index is 819. The van der Waals surface area contributed by atoms with Crippen molar-refractivity contribution in [2.45, 2.75) is 13.3 Å². The van der Waals surface area contributed by atoms with E-state index in [0.29, 0.717) is 12.0 Å². The van der Waals surface area contributed by atoms with Crippen LogP contribution in [0.5, 0.6) is 0 Å². The molecule has 3 aromatic carbocycles. The van der Waals surface area contributed by atoms with Gasteiger partial charge in [0.15, 0.2) is 0 Å². The first-order valence-corrected chi connectivity index (χ1v) is 6.95. The maximum absolute atomic E-state index is 11.5. The van der Waals surface area contributed by atoms with Crippen LogP contribution in [0.4, 0.5) is 0 Å².